The standard InChI is InChI=1S/C13H15N2O2/c1-4-16-11-7-5-10(6-8-11)12-14-13(9(2)3)17-15-12/h5-9H,1,4H2,2-3H3. The van der Waals surface area contributed by atoms with Crippen molar-refractivity contribution in [2.45, 2.75) is 19.8 Å². The van der Waals surface area contributed by atoms with E-state index in [1.165, 1.54) is 0 Å². The number of hydrogen-bond donors (Lipinski definition) is 0. The molecule has 89 valence electrons. The maximum absolute atomic E-state index is 5.26. The molecule has 1 aromatic heterocycles. The van der Waals surface area contributed by atoms with Gasteiger partial charge in [-0.2, -0.15) is 4.98 Å². The summed E-state index contributed by atoms with van der Waals surface area (Å²) < 4.78 is 10.4. The van der Waals surface area contributed by atoms with Crippen molar-refractivity contribution in [2.75, 3.05) is 6.61 Å². The highest BCUT2D eigenvalue weighted by molar-refractivity contribution is 5.55. The van der Waals surface area contributed by atoms with Gasteiger partial charge in [0.25, 0.3) is 0 Å². The van der Waals surface area contributed by atoms with E-state index in [-0.39, 0.29) is 5.92 Å². The van der Waals surface area contributed by atoms with Crippen molar-refractivity contribution in [1.29, 1.82) is 0 Å². The lowest BCUT2D eigenvalue weighted by Gasteiger charge is -2.02. The molecule has 2 aromatic rings. The van der Waals surface area contributed by atoms with Crippen LogP contribution in [0.3, 0.4) is 0 Å². The van der Waals surface area contributed by atoms with Crippen LogP contribution in [0.2, 0.25) is 0 Å². The largest absolute Gasteiger partial charge is 0.494 e. The van der Waals surface area contributed by atoms with Gasteiger partial charge in [0.2, 0.25) is 11.7 Å². The first-order chi connectivity index (χ1) is 8.20. The minimum absolute atomic E-state index is 0.241. The summed E-state index contributed by atoms with van der Waals surface area (Å²) in [6.07, 6.45) is 0. The Morgan fingerprint density at radius 2 is 2.00 bits per heavy atom. The van der Waals surface area contributed by atoms with Gasteiger partial charge in [0.15, 0.2) is 0 Å². The quantitative estimate of drug-likeness (QED) is 0.811. The molecule has 0 spiro atoms. The van der Waals surface area contributed by atoms with Crippen molar-refractivity contribution >= 4 is 0 Å². The SMILES string of the molecule is [CH2]COc1ccc(-c2noc(C(C)C)n2)cc1. The van der Waals surface area contributed by atoms with Crippen molar-refractivity contribution in [3.8, 4) is 17.1 Å². The third-order valence-electron chi connectivity index (χ3n) is 2.32. The predicted molar refractivity (Wildman–Crippen MR) is 64.7 cm³/mol. The van der Waals surface area contributed by atoms with Crippen molar-refractivity contribution in [2.24, 2.45) is 0 Å². The Balaban J connectivity index is 2.21. The monoisotopic (exact) mass is 231 g/mol. The lowest BCUT2D eigenvalue weighted by Crippen LogP contribution is -1.91. The summed E-state index contributed by atoms with van der Waals surface area (Å²) in [5, 5.41) is 3.94. The van der Waals surface area contributed by atoms with E-state index < -0.39 is 0 Å². The van der Waals surface area contributed by atoms with Gasteiger partial charge < -0.3 is 9.26 Å². The second kappa shape index (κ2) is 4.99. The van der Waals surface area contributed by atoms with Gasteiger partial charge in [-0.15, -0.1) is 0 Å². The molecular formula is C13H15N2O2. The molecule has 1 aromatic carbocycles. The van der Waals surface area contributed by atoms with Crippen molar-refractivity contribution in [3.05, 3.63) is 37.1 Å². The first kappa shape index (κ1) is 11.6. The van der Waals surface area contributed by atoms with Crippen LogP contribution in [-0.2, 0) is 0 Å². The zero-order valence-corrected chi connectivity index (χ0v) is 10.0. The van der Waals surface area contributed by atoms with E-state index in [0.717, 1.165) is 11.3 Å². The number of ether oxygens (including phenoxy) is 1. The molecule has 0 aliphatic heterocycles. The fraction of sp³-hybridized carbons (Fsp3) is 0.308. The van der Waals surface area contributed by atoms with Crippen LogP contribution in [0.4, 0.5) is 0 Å². The van der Waals surface area contributed by atoms with Crippen molar-refractivity contribution in [3.63, 3.8) is 0 Å². The van der Waals surface area contributed by atoms with Gasteiger partial charge in [-0.05, 0) is 31.2 Å². The molecule has 0 aliphatic carbocycles. The highest BCUT2D eigenvalue weighted by atomic mass is 16.5. The summed E-state index contributed by atoms with van der Waals surface area (Å²) in [6.45, 7) is 8.07. The minimum atomic E-state index is 0.241. The first-order valence-electron chi connectivity index (χ1n) is 5.57. The summed E-state index contributed by atoms with van der Waals surface area (Å²) in [7, 11) is 0. The number of hydrogen-bond acceptors (Lipinski definition) is 4. The summed E-state index contributed by atoms with van der Waals surface area (Å²) >= 11 is 0. The van der Waals surface area contributed by atoms with Gasteiger partial charge in [0, 0.05) is 11.5 Å². The van der Waals surface area contributed by atoms with Gasteiger partial charge in [-0.25, -0.2) is 0 Å². The molecule has 0 bridgehead atoms. The average molecular weight is 231 g/mol. The molecule has 17 heavy (non-hydrogen) atoms. The third-order valence-corrected chi connectivity index (χ3v) is 2.32. The van der Waals surface area contributed by atoms with Gasteiger partial charge in [-0.1, -0.05) is 19.0 Å². The Labute approximate surface area is 101 Å². The Bertz CT molecular complexity index is 474. The second-order valence-electron chi connectivity index (χ2n) is 3.98. The average Bonchev–Trinajstić information content (AvgIpc) is 2.80. The van der Waals surface area contributed by atoms with Gasteiger partial charge >= 0.3 is 0 Å². The topological polar surface area (TPSA) is 48.2 Å². The molecular weight excluding hydrogens is 216 g/mol. The molecule has 2 rings (SSSR count). The minimum Gasteiger partial charge on any atom is -0.494 e. The molecule has 1 heterocycles. The third kappa shape index (κ3) is 2.64. The van der Waals surface area contributed by atoms with Crippen LogP contribution in [0.25, 0.3) is 11.4 Å². The Kier molecular flexibility index (Phi) is 3.42. The highest BCUT2D eigenvalue weighted by Gasteiger charge is 2.11. The number of rotatable bonds is 4. The molecule has 0 N–H and O–H groups in total. The zero-order chi connectivity index (χ0) is 12.3. The summed E-state index contributed by atoms with van der Waals surface area (Å²) in [5.74, 6) is 2.29. The van der Waals surface area contributed by atoms with Crippen LogP contribution in [0, 0.1) is 6.92 Å². The van der Waals surface area contributed by atoms with E-state index in [0.29, 0.717) is 18.3 Å². The molecule has 0 fully saturated rings. The maximum atomic E-state index is 5.26. The van der Waals surface area contributed by atoms with Crippen LogP contribution >= 0.6 is 0 Å². The Morgan fingerprint density at radius 3 is 2.53 bits per heavy atom. The van der Waals surface area contributed by atoms with Crippen LogP contribution < -0.4 is 4.74 Å². The molecule has 1 radical (unpaired) electrons. The van der Waals surface area contributed by atoms with Crippen molar-refractivity contribution in [1.82, 2.24) is 10.1 Å². The van der Waals surface area contributed by atoms with E-state index in [4.69, 9.17) is 9.26 Å². The highest BCUT2D eigenvalue weighted by Crippen LogP contribution is 2.21. The van der Waals surface area contributed by atoms with Gasteiger partial charge in [-0.3, -0.25) is 0 Å². The normalized spacial score (nSPS) is 10.8. The molecule has 0 amide bonds. The summed E-state index contributed by atoms with van der Waals surface area (Å²) in [6, 6.07) is 7.54. The van der Waals surface area contributed by atoms with Crippen LogP contribution in [0.5, 0.6) is 5.75 Å². The fourth-order valence-corrected chi connectivity index (χ4v) is 1.41. The summed E-state index contributed by atoms with van der Waals surface area (Å²) in [4.78, 5) is 4.32. The fourth-order valence-electron chi connectivity index (χ4n) is 1.41. The van der Waals surface area contributed by atoms with Crippen molar-refractivity contribution < 1.29 is 9.26 Å². The van der Waals surface area contributed by atoms with E-state index in [1.54, 1.807) is 0 Å². The maximum Gasteiger partial charge on any atom is 0.229 e. The molecule has 0 unspecified atom stereocenters. The Morgan fingerprint density at radius 1 is 1.29 bits per heavy atom. The molecule has 0 aliphatic rings. The number of nitrogens with zero attached hydrogens (tertiary/aromatic N) is 2. The smallest absolute Gasteiger partial charge is 0.229 e. The predicted octanol–water partition coefficient (Wildman–Crippen LogP) is 3.07. The number of aromatic nitrogens is 2. The zero-order valence-electron chi connectivity index (χ0n) is 10.0. The number of benzene rings is 1. The molecule has 4 heteroatoms. The van der Waals surface area contributed by atoms with Gasteiger partial charge in [0.1, 0.15) is 5.75 Å². The van der Waals surface area contributed by atoms with E-state index in [2.05, 4.69) is 17.1 Å². The van der Waals surface area contributed by atoms with Crippen LogP contribution in [0.1, 0.15) is 25.7 Å². The van der Waals surface area contributed by atoms with Crippen LogP contribution in [-0.4, -0.2) is 16.7 Å². The summed E-state index contributed by atoms with van der Waals surface area (Å²) in [5.41, 5.74) is 0.914. The van der Waals surface area contributed by atoms with Crippen LogP contribution in [0.15, 0.2) is 28.8 Å². The first-order valence-corrected chi connectivity index (χ1v) is 5.57. The lowest BCUT2D eigenvalue weighted by molar-refractivity contribution is 0.361. The van der Waals surface area contributed by atoms with Gasteiger partial charge in [0.05, 0.1) is 6.61 Å². The van der Waals surface area contributed by atoms with E-state index >= 15 is 0 Å². The molecule has 0 saturated carbocycles. The molecule has 4 nitrogen and oxygen atoms in total. The lowest BCUT2D eigenvalue weighted by atomic mass is 10.2. The Hall–Kier alpha value is -1.84. The molecule has 0 saturated heterocycles. The van der Waals surface area contributed by atoms with E-state index in [1.807, 2.05) is 38.1 Å². The van der Waals surface area contributed by atoms with E-state index in [9.17, 15) is 0 Å². The molecule has 0 atom stereocenters. The second-order valence-corrected chi connectivity index (χ2v) is 3.98.